The van der Waals surface area contributed by atoms with Crippen molar-refractivity contribution < 1.29 is 14.0 Å². The highest BCUT2D eigenvalue weighted by Crippen LogP contribution is 2.31. The summed E-state index contributed by atoms with van der Waals surface area (Å²) in [5, 5.41) is 6.19. The molecule has 4 rings (SSSR count). The average Bonchev–Trinajstić information content (AvgIpc) is 3.47. The Labute approximate surface area is 180 Å². The first-order valence-electron chi connectivity index (χ1n) is 10.2. The molecule has 1 heterocycles. The van der Waals surface area contributed by atoms with Crippen molar-refractivity contribution in [2.75, 3.05) is 6.54 Å². The summed E-state index contributed by atoms with van der Waals surface area (Å²) in [5.74, 6) is -0.748. The maximum absolute atomic E-state index is 14.2. The average molecular weight is 428 g/mol. The number of hydrazone groups is 1. The molecule has 2 aliphatic rings. The molecule has 156 valence electrons. The summed E-state index contributed by atoms with van der Waals surface area (Å²) < 4.78 is 14.2. The van der Waals surface area contributed by atoms with Crippen LogP contribution in [0.4, 0.5) is 4.39 Å². The maximum atomic E-state index is 14.2. The van der Waals surface area contributed by atoms with Crippen LogP contribution in [0, 0.1) is 5.82 Å². The molecule has 1 saturated carbocycles. The Bertz CT molecular complexity index is 955. The Morgan fingerprint density at radius 3 is 2.57 bits per heavy atom. The topological polar surface area (TPSA) is 53.0 Å². The number of carbonyl (C=O) groups is 2. The van der Waals surface area contributed by atoms with Gasteiger partial charge in [-0.15, -0.1) is 0 Å². The molecule has 0 atom stereocenters. The number of benzene rings is 2. The SMILES string of the molecule is O=C(CCC(=O)N(Cc1c(F)cccc1Cl)C1CC1)N1CCC(c2ccccc2)=N1. The second-order valence-electron chi connectivity index (χ2n) is 7.63. The lowest BCUT2D eigenvalue weighted by molar-refractivity contribution is -0.137. The standard InChI is InChI=1S/C23H23ClFN3O2/c24-19-7-4-8-20(25)18(19)15-27(17-9-10-17)22(29)11-12-23(30)28-14-13-21(26-28)16-5-2-1-3-6-16/h1-8,17H,9-15H2. The second kappa shape index (κ2) is 8.96. The van der Waals surface area contributed by atoms with E-state index >= 15 is 0 Å². The van der Waals surface area contributed by atoms with Crippen molar-refractivity contribution in [2.24, 2.45) is 5.10 Å². The molecule has 5 nitrogen and oxygen atoms in total. The zero-order valence-corrected chi connectivity index (χ0v) is 17.3. The predicted molar refractivity (Wildman–Crippen MR) is 114 cm³/mol. The van der Waals surface area contributed by atoms with Gasteiger partial charge in [-0.25, -0.2) is 9.40 Å². The first-order valence-corrected chi connectivity index (χ1v) is 10.6. The van der Waals surface area contributed by atoms with Crippen LogP contribution in [0.2, 0.25) is 5.02 Å². The third-order valence-corrected chi connectivity index (χ3v) is 5.80. The third-order valence-electron chi connectivity index (χ3n) is 5.45. The summed E-state index contributed by atoms with van der Waals surface area (Å²) in [7, 11) is 0. The van der Waals surface area contributed by atoms with Gasteiger partial charge in [0.05, 0.1) is 18.8 Å². The van der Waals surface area contributed by atoms with E-state index in [1.807, 2.05) is 30.3 Å². The fourth-order valence-electron chi connectivity index (χ4n) is 3.62. The fraction of sp³-hybridized carbons (Fsp3) is 0.348. The van der Waals surface area contributed by atoms with Crippen molar-refractivity contribution in [1.82, 2.24) is 9.91 Å². The maximum Gasteiger partial charge on any atom is 0.243 e. The summed E-state index contributed by atoms with van der Waals surface area (Å²) >= 11 is 6.13. The molecule has 0 aromatic heterocycles. The highest BCUT2D eigenvalue weighted by atomic mass is 35.5. The van der Waals surface area contributed by atoms with Gasteiger partial charge in [0.25, 0.3) is 0 Å². The summed E-state index contributed by atoms with van der Waals surface area (Å²) in [6.07, 6.45) is 2.64. The van der Waals surface area contributed by atoms with Crippen LogP contribution in [-0.4, -0.2) is 40.0 Å². The molecule has 0 saturated heterocycles. The molecule has 1 aliphatic carbocycles. The van der Waals surface area contributed by atoms with E-state index in [9.17, 15) is 14.0 Å². The van der Waals surface area contributed by atoms with E-state index in [1.54, 1.807) is 17.0 Å². The zero-order valence-electron chi connectivity index (χ0n) is 16.6. The van der Waals surface area contributed by atoms with Crippen LogP contribution in [0.5, 0.6) is 0 Å². The third kappa shape index (κ3) is 4.70. The molecule has 7 heteroatoms. The van der Waals surface area contributed by atoms with Gasteiger partial charge in [-0.1, -0.05) is 48.0 Å². The van der Waals surface area contributed by atoms with Crippen molar-refractivity contribution in [2.45, 2.75) is 44.7 Å². The van der Waals surface area contributed by atoms with E-state index in [-0.39, 0.29) is 37.2 Å². The van der Waals surface area contributed by atoms with Crippen molar-refractivity contribution in [3.63, 3.8) is 0 Å². The lowest BCUT2D eigenvalue weighted by Gasteiger charge is -2.23. The fourth-order valence-corrected chi connectivity index (χ4v) is 3.84. The van der Waals surface area contributed by atoms with Crippen LogP contribution < -0.4 is 0 Å². The van der Waals surface area contributed by atoms with E-state index in [1.165, 1.54) is 11.1 Å². The van der Waals surface area contributed by atoms with Gasteiger partial charge in [-0.3, -0.25) is 9.59 Å². The van der Waals surface area contributed by atoms with Crippen molar-refractivity contribution in [3.8, 4) is 0 Å². The van der Waals surface area contributed by atoms with Gasteiger partial charge in [-0.05, 0) is 30.5 Å². The van der Waals surface area contributed by atoms with Gasteiger partial charge in [0.15, 0.2) is 0 Å². The molecule has 1 fully saturated rings. The normalized spacial score (nSPS) is 15.8. The highest BCUT2D eigenvalue weighted by molar-refractivity contribution is 6.31. The number of halogens is 2. The molecular formula is C23H23ClFN3O2. The number of hydrogen-bond acceptors (Lipinski definition) is 3. The Balaban J connectivity index is 1.36. The molecule has 0 unspecified atom stereocenters. The summed E-state index contributed by atoms with van der Waals surface area (Å²) in [4.78, 5) is 27.0. The second-order valence-corrected chi connectivity index (χ2v) is 8.04. The van der Waals surface area contributed by atoms with Gasteiger partial charge in [0.2, 0.25) is 11.8 Å². The summed E-state index contributed by atoms with van der Waals surface area (Å²) in [6, 6.07) is 14.4. The van der Waals surface area contributed by atoms with Gasteiger partial charge in [-0.2, -0.15) is 5.10 Å². The summed E-state index contributed by atoms with van der Waals surface area (Å²) in [6.45, 7) is 0.650. The van der Waals surface area contributed by atoms with Crippen LogP contribution in [0.15, 0.2) is 53.6 Å². The van der Waals surface area contributed by atoms with Crippen LogP contribution in [0.1, 0.15) is 43.2 Å². The largest absolute Gasteiger partial charge is 0.335 e. The Morgan fingerprint density at radius 1 is 1.10 bits per heavy atom. The lowest BCUT2D eigenvalue weighted by Crippen LogP contribution is -2.34. The Morgan fingerprint density at radius 2 is 1.87 bits per heavy atom. The van der Waals surface area contributed by atoms with Crippen LogP contribution in [-0.2, 0) is 16.1 Å². The van der Waals surface area contributed by atoms with Gasteiger partial charge in [0.1, 0.15) is 5.82 Å². The number of hydrogen-bond donors (Lipinski definition) is 0. The van der Waals surface area contributed by atoms with Crippen molar-refractivity contribution >= 4 is 29.1 Å². The number of carbonyl (C=O) groups excluding carboxylic acids is 2. The van der Waals surface area contributed by atoms with E-state index in [0.29, 0.717) is 23.6 Å². The highest BCUT2D eigenvalue weighted by Gasteiger charge is 2.34. The first kappa shape index (κ1) is 20.5. The predicted octanol–water partition coefficient (Wildman–Crippen LogP) is 4.39. The molecule has 0 radical (unpaired) electrons. The van der Waals surface area contributed by atoms with Crippen molar-refractivity contribution in [3.05, 3.63) is 70.5 Å². The summed E-state index contributed by atoms with van der Waals surface area (Å²) in [5.41, 5.74) is 2.21. The number of rotatable bonds is 7. The minimum absolute atomic E-state index is 0.0775. The molecule has 1 aliphatic heterocycles. The molecule has 0 N–H and O–H groups in total. The van der Waals surface area contributed by atoms with Crippen LogP contribution in [0.25, 0.3) is 0 Å². The molecule has 2 aromatic carbocycles. The first-order chi connectivity index (χ1) is 14.5. The lowest BCUT2D eigenvalue weighted by atomic mass is 10.1. The molecular weight excluding hydrogens is 405 g/mol. The number of amides is 2. The molecule has 0 spiro atoms. The van der Waals surface area contributed by atoms with Crippen molar-refractivity contribution in [1.29, 1.82) is 0 Å². The van der Waals surface area contributed by atoms with Gasteiger partial charge >= 0.3 is 0 Å². The van der Waals surface area contributed by atoms with E-state index in [0.717, 1.165) is 24.1 Å². The quantitative estimate of drug-likeness (QED) is 0.658. The van der Waals surface area contributed by atoms with Crippen LogP contribution in [0.3, 0.4) is 0 Å². The molecule has 2 amide bonds. The molecule has 2 aromatic rings. The monoisotopic (exact) mass is 427 g/mol. The minimum atomic E-state index is -0.420. The van der Waals surface area contributed by atoms with E-state index in [4.69, 9.17) is 11.6 Å². The Kier molecular flexibility index (Phi) is 6.13. The molecule has 0 bridgehead atoms. The van der Waals surface area contributed by atoms with Crippen LogP contribution >= 0.6 is 11.6 Å². The van der Waals surface area contributed by atoms with Gasteiger partial charge in [0, 0.05) is 35.9 Å². The van der Waals surface area contributed by atoms with Gasteiger partial charge < -0.3 is 4.90 Å². The number of nitrogens with zero attached hydrogens (tertiary/aromatic N) is 3. The zero-order chi connectivity index (χ0) is 21.1. The smallest absolute Gasteiger partial charge is 0.243 e. The molecule has 30 heavy (non-hydrogen) atoms. The minimum Gasteiger partial charge on any atom is -0.335 e. The Hall–Kier alpha value is -2.73. The van der Waals surface area contributed by atoms with E-state index < -0.39 is 5.82 Å². The van der Waals surface area contributed by atoms with E-state index in [2.05, 4.69) is 5.10 Å².